The smallest absolute Gasteiger partial charge is 0.234 e. The summed E-state index contributed by atoms with van der Waals surface area (Å²) in [7, 11) is 0. The number of nitrogen functional groups attached to an aromatic ring is 1. The molecule has 0 saturated heterocycles. The van der Waals surface area contributed by atoms with Gasteiger partial charge in [-0.1, -0.05) is 0 Å². The molecule has 0 fully saturated rings. The second-order valence-electron chi connectivity index (χ2n) is 3.71. The Bertz CT molecular complexity index is 673. The second kappa shape index (κ2) is 3.55. The van der Waals surface area contributed by atoms with Crippen LogP contribution in [0.15, 0.2) is 42.9 Å². The third kappa shape index (κ3) is 1.61. The molecule has 0 bridgehead atoms. The van der Waals surface area contributed by atoms with Crippen molar-refractivity contribution in [3.63, 3.8) is 0 Å². The minimum Gasteiger partial charge on any atom is -0.396 e. The number of hydrogen-bond donors (Lipinski definition) is 1. The van der Waals surface area contributed by atoms with Gasteiger partial charge in [0.05, 0.1) is 23.8 Å². The normalized spacial score (nSPS) is 10.9. The fourth-order valence-corrected chi connectivity index (χ4v) is 1.72. The number of fused-ring (bicyclic) bond motifs is 1. The van der Waals surface area contributed by atoms with E-state index in [9.17, 15) is 4.39 Å². The Morgan fingerprint density at radius 2 is 1.76 bits per heavy atom. The lowest BCUT2D eigenvalue weighted by Gasteiger charge is -2.02. The molecule has 3 aromatic rings. The molecule has 2 heterocycles. The van der Waals surface area contributed by atoms with Crippen molar-refractivity contribution in [1.82, 2.24) is 14.4 Å². The summed E-state index contributed by atoms with van der Waals surface area (Å²) in [5, 5.41) is 0. The summed E-state index contributed by atoms with van der Waals surface area (Å²) in [5.74, 6) is 0.304. The third-order valence-electron chi connectivity index (χ3n) is 2.52. The van der Waals surface area contributed by atoms with Crippen LogP contribution in [0.4, 0.5) is 10.1 Å². The van der Waals surface area contributed by atoms with Crippen molar-refractivity contribution in [2.45, 2.75) is 0 Å². The Hall–Kier alpha value is -2.43. The highest BCUT2D eigenvalue weighted by atomic mass is 19.1. The molecule has 0 saturated carbocycles. The van der Waals surface area contributed by atoms with E-state index in [0.717, 1.165) is 11.3 Å². The summed E-state index contributed by atoms with van der Waals surface area (Å²) >= 11 is 0. The Labute approximate surface area is 96.6 Å². The quantitative estimate of drug-likeness (QED) is 0.694. The number of rotatable bonds is 1. The molecule has 0 aliphatic heterocycles. The molecule has 0 radical (unpaired) electrons. The molecule has 3 rings (SSSR count). The average Bonchev–Trinajstić information content (AvgIpc) is 2.73. The Morgan fingerprint density at radius 1 is 1.06 bits per heavy atom. The molecular weight excluding hydrogens is 219 g/mol. The zero-order valence-electron chi connectivity index (χ0n) is 8.84. The molecule has 0 unspecified atom stereocenters. The molecule has 2 aromatic heterocycles. The van der Waals surface area contributed by atoms with Crippen LogP contribution in [0.2, 0.25) is 0 Å². The number of hydrogen-bond acceptors (Lipinski definition) is 3. The summed E-state index contributed by atoms with van der Waals surface area (Å²) in [6, 6.07) is 6.22. The van der Waals surface area contributed by atoms with Gasteiger partial charge >= 0.3 is 0 Å². The Morgan fingerprint density at radius 3 is 2.53 bits per heavy atom. The average molecular weight is 228 g/mol. The van der Waals surface area contributed by atoms with Crippen molar-refractivity contribution in [1.29, 1.82) is 0 Å². The molecule has 5 heteroatoms. The zero-order chi connectivity index (χ0) is 11.8. The fraction of sp³-hybridized carbons (Fsp3) is 0. The molecule has 0 aliphatic carbocycles. The highest BCUT2D eigenvalue weighted by molar-refractivity contribution is 5.63. The van der Waals surface area contributed by atoms with E-state index < -0.39 is 0 Å². The van der Waals surface area contributed by atoms with E-state index in [1.165, 1.54) is 12.1 Å². The van der Waals surface area contributed by atoms with Crippen molar-refractivity contribution in [3.05, 3.63) is 48.7 Å². The number of aromatic nitrogens is 3. The van der Waals surface area contributed by atoms with Gasteiger partial charge in [0.2, 0.25) is 5.78 Å². The minimum atomic E-state index is -0.264. The lowest BCUT2D eigenvalue weighted by molar-refractivity contribution is 0.628. The van der Waals surface area contributed by atoms with Crippen LogP contribution in [0, 0.1) is 5.82 Å². The van der Waals surface area contributed by atoms with Crippen molar-refractivity contribution < 1.29 is 4.39 Å². The first-order valence-electron chi connectivity index (χ1n) is 5.08. The van der Waals surface area contributed by atoms with Gasteiger partial charge in [-0.25, -0.2) is 14.4 Å². The molecular formula is C12H9FN4. The molecule has 2 N–H and O–H groups in total. The number of benzene rings is 1. The van der Waals surface area contributed by atoms with E-state index >= 15 is 0 Å². The first-order valence-corrected chi connectivity index (χ1v) is 5.08. The molecule has 4 nitrogen and oxygen atoms in total. The third-order valence-corrected chi connectivity index (χ3v) is 2.52. The van der Waals surface area contributed by atoms with Crippen LogP contribution < -0.4 is 5.73 Å². The highest BCUT2D eigenvalue weighted by Crippen LogP contribution is 2.20. The topological polar surface area (TPSA) is 56.2 Å². The van der Waals surface area contributed by atoms with Crippen molar-refractivity contribution in [3.8, 4) is 11.3 Å². The number of imidazole rings is 1. The first kappa shape index (κ1) is 9.77. The summed E-state index contributed by atoms with van der Waals surface area (Å²) in [6.45, 7) is 0. The van der Waals surface area contributed by atoms with E-state index in [1.807, 2.05) is 0 Å². The zero-order valence-corrected chi connectivity index (χ0v) is 8.84. The van der Waals surface area contributed by atoms with Crippen LogP contribution in [0.5, 0.6) is 0 Å². The van der Waals surface area contributed by atoms with Crippen LogP contribution in [-0.4, -0.2) is 14.4 Å². The van der Waals surface area contributed by atoms with Crippen molar-refractivity contribution in [2.75, 3.05) is 5.73 Å². The van der Waals surface area contributed by atoms with Gasteiger partial charge in [0.1, 0.15) is 5.82 Å². The van der Waals surface area contributed by atoms with Gasteiger partial charge in [-0.2, -0.15) is 0 Å². The van der Waals surface area contributed by atoms with Gasteiger partial charge in [-0.15, -0.1) is 0 Å². The van der Waals surface area contributed by atoms with Gasteiger partial charge < -0.3 is 5.73 Å². The minimum absolute atomic E-state index is 0.264. The summed E-state index contributed by atoms with van der Waals surface area (Å²) in [5.41, 5.74) is 7.94. The van der Waals surface area contributed by atoms with Gasteiger partial charge in [-0.3, -0.25) is 4.40 Å². The number of nitrogens with two attached hydrogens (primary N) is 1. The molecule has 84 valence electrons. The van der Waals surface area contributed by atoms with E-state index in [-0.39, 0.29) is 5.82 Å². The van der Waals surface area contributed by atoms with Crippen LogP contribution in [0.1, 0.15) is 0 Å². The fourth-order valence-electron chi connectivity index (χ4n) is 1.72. The van der Waals surface area contributed by atoms with E-state index in [1.54, 1.807) is 35.1 Å². The Balaban J connectivity index is 2.23. The Kier molecular flexibility index (Phi) is 2.04. The first-order chi connectivity index (χ1) is 8.24. The maximum atomic E-state index is 12.9. The maximum absolute atomic E-state index is 12.9. The van der Waals surface area contributed by atoms with Crippen LogP contribution >= 0.6 is 0 Å². The molecule has 0 aliphatic rings. The van der Waals surface area contributed by atoms with Crippen LogP contribution in [0.25, 0.3) is 17.0 Å². The molecule has 1 aromatic carbocycles. The van der Waals surface area contributed by atoms with Gasteiger partial charge in [0.15, 0.2) is 0 Å². The predicted molar refractivity (Wildman–Crippen MR) is 62.8 cm³/mol. The van der Waals surface area contributed by atoms with Gasteiger partial charge in [0.25, 0.3) is 0 Å². The second-order valence-corrected chi connectivity index (χ2v) is 3.71. The summed E-state index contributed by atoms with van der Waals surface area (Å²) in [4.78, 5) is 8.26. The lowest BCUT2D eigenvalue weighted by atomic mass is 10.2. The van der Waals surface area contributed by atoms with Crippen molar-refractivity contribution >= 4 is 11.5 Å². The predicted octanol–water partition coefficient (Wildman–Crippen LogP) is 2.12. The summed E-state index contributed by atoms with van der Waals surface area (Å²) < 4.78 is 14.6. The maximum Gasteiger partial charge on any atom is 0.234 e. The van der Waals surface area contributed by atoms with Crippen LogP contribution in [0.3, 0.4) is 0 Å². The largest absolute Gasteiger partial charge is 0.396 e. The van der Waals surface area contributed by atoms with Crippen LogP contribution in [-0.2, 0) is 0 Å². The molecule has 0 atom stereocenters. The van der Waals surface area contributed by atoms with Crippen molar-refractivity contribution in [2.24, 2.45) is 0 Å². The van der Waals surface area contributed by atoms with Gasteiger partial charge in [0, 0.05) is 11.8 Å². The number of nitrogens with zero attached hydrogens (tertiary/aromatic N) is 3. The monoisotopic (exact) mass is 228 g/mol. The molecule has 17 heavy (non-hydrogen) atoms. The van der Waals surface area contributed by atoms with E-state index in [2.05, 4.69) is 9.97 Å². The standard InChI is InChI=1S/C12H9FN4/c13-9-3-1-8(2-4-9)11-6-16-12-15-5-10(14)7-17(11)12/h1-7H,14H2. The molecule has 0 amide bonds. The van der Waals surface area contributed by atoms with E-state index in [0.29, 0.717) is 11.5 Å². The summed E-state index contributed by atoms with van der Waals surface area (Å²) in [6.07, 6.45) is 4.99. The molecule has 0 spiro atoms. The van der Waals surface area contributed by atoms with E-state index in [4.69, 9.17) is 5.73 Å². The SMILES string of the molecule is Nc1cnc2ncc(-c3ccc(F)cc3)n2c1. The number of anilines is 1. The lowest BCUT2D eigenvalue weighted by Crippen LogP contribution is -1.95. The highest BCUT2D eigenvalue weighted by Gasteiger charge is 2.06. The number of halogens is 1. The van der Waals surface area contributed by atoms with Gasteiger partial charge in [-0.05, 0) is 24.3 Å².